The Morgan fingerprint density at radius 1 is 1.54 bits per heavy atom. The summed E-state index contributed by atoms with van der Waals surface area (Å²) in [7, 11) is 1.85. The van der Waals surface area contributed by atoms with E-state index in [2.05, 4.69) is 33.6 Å². The lowest BCUT2D eigenvalue weighted by atomic mass is 10.3. The van der Waals surface area contributed by atoms with Crippen molar-refractivity contribution < 1.29 is 0 Å². The second-order valence-electron chi connectivity index (χ2n) is 2.74. The summed E-state index contributed by atoms with van der Waals surface area (Å²) in [5, 5.41) is 8.75. The Hall–Kier alpha value is -1.09. The number of hydrogen-bond donors (Lipinski definition) is 0. The SMILES string of the molecule is Cn1c(C#N)nc2ccc(I)cc21. The van der Waals surface area contributed by atoms with Crippen molar-refractivity contribution in [2.75, 3.05) is 0 Å². The molecule has 3 nitrogen and oxygen atoms in total. The second-order valence-corrected chi connectivity index (χ2v) is 3.98. The summed E-state index contributed by atoms with van der Waals surface area (Å²) in [5.41, 5.74) is 1.88. The highest BCUT2D eigenvalue weighted by Gasteiger charge is 2.05. The van der Waals surface area contributed by atoms with Crippen molar-refractivity contribution in [3.8, 4) is 6.07 Å². The van der Waals surface area contributed by atoms with E-state index in [1.54, 1.807) is 4.57 Å². The Morgan fingerprint density at radius 2 is 2.31 bits per heavy atom. The van der Waals surface area contributed by atoms with Crippen molar-refractivity contribution in [2.24, 2.45) is 7.05 Å². The molecule has 0 aliphatic rings. The van der Waals surface area contributed by atoms with Crippen LogP contribution in [0.1, 0.15) is 5.82 Å². The molecule has 1 aromatic carbocycles. The zero-order valence-corrected chi connectivity index (χ0v) is 9.11. The number of halogens is 1. The zero-order chi connectivity index (χ0) is 9.42. The third kappa shape index (κ3) is 1.29. The Labute approximate surface area is 89.1 Å². The van der Waals surface area contributed by atoms with Crippen molar-refractivity contribution >= 4 is 33.6 Å². The molecule has 0 atom stereocenters. The van der Waals surface area contributed by atoms with Crippen LogP contribution in [0.2, 0.25) is 0 Å². The molecule has 0 saturated heterocycles. The lowest BCUT2D eigenvalue weighted by molar-refractivity contribution is 0.920. The Kier molecular flexibility index (Phi) is 1.96. The highest BCUT2D eigenvalue weighted by molar-refractivity contribution is 14.1. The molecule has 0 fully saturated rings. The number of hydrogen-bond acceptors (Lipinski definition) is 2. The van der Waals surface area contributed by atoms with Crippen LogP contribution in [0.3, 0.4) is 0 Å². The van der Waals surface area contributed by atoms with Crippen molar-refractivity contribution in [1.82, 2.24) is 9.55 Å². The van der Waals surface area contributed by atoms with Gasteiger partial charge in [0, 0.05) is 10.6 Å². The van der Waals surface area contributed by atoms with Crippen molar-refractivity contribution in [1.29, 1.82) is 5.26 Å². The van der Waals surface area contributed by atoms with Gasteiger partial charge in [-0.1, -0.05) is 0 Å². The Balaban J connectivity index is 2.87. The van der Waals surface area contributed by atoms with E-state index in [1.165, 1.54) is 0 Å². The molecule has 13 heavy (non-hydrogen) atoms. The van der Waals surface area contributed by atoms with Crippen LogP contribution in [-0.2, 0) is 7.05 Å². The van der Waals surface area contributed by atoms with Gasteiger partial charge in [-0.15, -0.1) is 0 Å². The molecule has 64 valence electrons. The number of fused-ring (bicyclic) bond motifs is 1. The van der Waals surface area contributed by atoms with E-state index in [4.69, 9.17) is 5.26 Å². The molecule has 4 heteroatoms. The van der Waals surface area contributed by atoms with Gasteiger partial charge in [0.05, 0.1) is 11.0 Å². The lowest BCUT2D eigenvalue weighted by Gasteiger charge is -1.94. The van der Waals surface area contributed by atoms with Gasteiger partial charge in [0.1, 0.15) is 6.07 Å². The van der Waals surface area contributed by atoms with Crippen molar-refractivity contribution in [2.45, 2.75) is 0 Å². The molecular formula is C9H6IN3. The average molecular weight is 283 g/mol. The predicted molar refractivity (Wildman–Crippen MR) is 58.1 cm³/mol. The van der Waals surface area contributed by atoms with Crippen molar-refractivity contribution in [3.05, 3.63) is 27.6 Å². The molecule has 0 amide bonds. The minimum absolute atomic E-state index is 0.456. The van der Waals surface area contributed by atoms with Crippen LogP contribution in [0.4, 0.5) is 0 Å². The van der Waals surface area contributed by atoms with Gasteiger partial charge in [0.15, 0.2) is 0 Å². The minimum Gasteiger partial charge on any atom is -0.319 e. The van der Waals surface area contributed by atoms with Crippen LogP contribution in [-0.4, -0.2) is 9.55 Å². The first-order valence-electron chi connectivity index (χ1n) is 3.74. The van der Waals surface area contributed by atoms with Crippen LogP contribution in [0.15, 0.2) is 18.2 Å². The number of aromatic nitrogens is 2. The molecule has 0 radical (unpaired) electrons. The smallest absolute Gasteiger partial charge is 0.213 e. The number of aryl methyl sites for hydroxylation is 1. The van der Waals surface area contributed by atoms with Gasteiger partial charge in [0.2, 0.25) is 5.82 Å². The largest absolute Gasteiger partial charge is 0.319 e. The fourth-order valence-corrected chi connectivity index (χ4v) is 1.74. The van der Waals surface area contributed by atoms with Crippen LogP contribution < -0.4 is 0 Å². The van der Waals surface area contributed by atoms with Gasteiger partial charge < -0.3 is 4.57 Å². The molecule has 0 unspecified atom stereocenters. The first kappa shape index (κ1) is 8.51. The molecule has 0 saturated carbocycles. The molecule has 0 bridgehead atoms. The standard InChI is InChI=1S/C9H6IN3/c1-13-8-4-6(10)2-3-7(8)12-9(13)5-11/h2-4H,1H3. The van der Waals surface area contributed by atoms with Gasteiger partial charge in [-0.25, -0.2) is 4.98 Å². The Morgan fingerprint density at radius 3 is 3.00 bits per heavy atom. The van der Waals surface area contributed by atoms with E-state index in [-0.39, 0.29) is 0 Å². The van der Waals surface area contributed by atoms with Crippen LogP contribution in [0.5, 0.6) is 0 Å². The number of rotatable bonds is 0. The predicted octanol–water partition coefficient (Wildman–Crippen LogP) is 2.05. The lowest BCUT2D eigenvalue weighted by Crippen LogP contribution is -1.91. The maximum absolute atomic E-state index is 8.75. The number of nitriles is 1. The molecule has 2 rings (SSSR count). The van der Waals surface area contributed by atoms with Gasteiger partial charge in [-0.3, -0.25) is 0 Å². The van der Waals surface area contributed by atoms with E-state index in [0.717, 1.165) is 14.6 Å². The number of benzene rings is 1. The van der Waals surface area contributed by atoms with E-state index < -0.39 is 0 Å². The molecule has 2 aromatic rings. The normalized spacial score (nSPS) is 10.2. The van der Waals surface area contributed by atoms with E-state index in [1.807, 2.05) is 25.2 Å². The summed E-state index contributed by atoms with van der Waals surface area (Å²) in [6.07, 6.45) is 0. The van der Waals surface area contributed by atoms with Gasteiger partial charge in [0.25, 0.3) is 0 Å². The monoisotopic (exact) mass is 283 g/mol. The minimum atomic E-state index is 0.456. The third-order valence-corrected chi connectivity index (χ3v) is 2.61. The van der Waals surface area contributed by atoms with Gasteiger partial charge in [-0.05, 0) is 40.8 Å². The highest BCUT2D eigenvalue weighted by atomic mass is 127. The van der Waals surface area contributed by atoms with E-state index in [0.29, 0.717) is 5.82 Å². The zero-order valence-electron chi connectivity index (χ0n) is 6.95. The van der Waals surface area contributed by atoms with Crippen molar-refractivity contribution in [3.63, 3.8) is 0 Å². The van der Waals surface area contributed by atoms with E-state index in [9.17, 15) is 0 Å². The summed E-state index contributed by atoms with van der Waals surface area (Å²) < 4.78 is 2.95. The molecule has 0 aliphatic heterocycles. The van der Waals surface area contributed by atoms with Crippen LogP contribution in [0.25, 0.3) is 11.0 Å². The maximum atomic E-state index is 8.75. The van der Waals surface area contributed by atoms with Gasteiger partial charge in [-0.2, -0.15) is 5.26 Å². The topological polar surface area (TPSA) is 41.6 Å². The van der Waals surface area contributed by atoms with Crippen LogP contribution >= 0.6 is 22.6 Å². The molecule has 0 N–H and O–H groups in total. The average Bonchev–Trinajstić information content (AvgIpc) is 2.44. The fraction of sp³-hybridized carbons (Fsp3) is 0.111. The molecule has 1 heterocycles. The second kappa shape index (κ2) is 3.00. The van der Waals surface area contributed by atoms with E-state index >= 15 is 0 Å². The molecule has 0 aliphatic carbocycles. The first-order valence-corrected chi connectivity index (χ1v) is 4.82. The summed E-state index contributed by atoms with van der Waals surface area (Å²) >= 11 is 2.24. The third-order valence-electron chi connectivity index (χ3n) is 1.94. The molecule has 0 spiro atoms. The maximum Gasteiger partial charge on any atom is 0.213 e. The first-order chi connectivity index (χ1) is 6.22. The summed E-state index contributed by atoms with van der Waals surface area (Å²) in [6, 6.07) is 7.98. The summed E-state index contributed by atoms with van der Waals surface area (Å²) in [5.74, 6) is 0.456. The highest BCUT2D eigenvalue weighted by Crippen LogP contribution is 2.17. The molecule has 1 aromatic heterocycles. The number of nitrogens with zero attached hydrogens (tertiary/aromatic N) is 3. The summed E-state index contributed by atoms with van der Waals surface area (Å²) in [6.45, 7) is 0. The molecular weight excluding hydrogens is 277 g/mol. The summed E-state index contributed by atoms with van der Waals surface area (Å²) in [4.78, 5) is 4.17. The fourth-order valence-electron chi connectivity index (χ4n) is 1.26. The van der Waals surface area contributed by atoms with Gasteiger partial charge >= 0.3 is 0 Å². The quantitative estimate of drug-likeness (QED) is 0.694. The number of imidazole rings is 1. The Bertz CT molecular complexity index is 507. The van der Waals surface area contributed by atoms with Crippen LogP contribution in [0, 0.1) is 14.9 Å².